The Morgan fingerprint density at radius 3 is 2.60 bits per heavy atom. The summed E-state index contributed by atoms with van der Waals surface area (Å²) in [6, 6.07) is 0.399. The Kier molecular flexibility index (Phi) is 4.33. The van der Waals surface area contributed by atoms with Gasteiger partial charge in [-0.05, 0) is 33.2 Å². The van der Waals surface area contributed by atoms with Crippen molar-refractivity contribution < 1.29 is 4.79 Å². The fraction of sp³-hybridized carbons (Fsp3) is 0.750. The van der Waals surface area contributed by atoms with E-state index in [1.165, 1.54) is 0 Å². The number of rotatable bonds is 6. The monoisotopic (exact) mass is 210 g/mol. The van der Waals surface area contributed by atoms with Gasteiger partial charge in [-0.15, -0.1) is 0 Å². The minimum absolute atomic E-state index is 0.0488. The molecule has 0 aromatic heterocycles. The van der Waals surface area contributed by atoms with Crippen LogP contribution in [-0.2, 0) is 4.79 Å². The lowest BCUT2D eigenvalue weighted by Crippen LogP contribution is -2.46. The molecule has 0 heterocycles. The highest BCUT2D eigenvalue weighted by Gasteiger charge is 2.27. The first-order chi connectivity index (χ1) is 7.04. The molecule has 1 fully saturated rings. The van der Waals surface area contributed by atoms with Crippen LogP contribution in [0.4, 0.5) is 0 Å². The maximum absolute atomic E-state index is 11.8. The number of carbonyl (C=O) groups is 1. The number of nitrogens with zero attached hydrogens (tertiary/aromatic N) is 1. The molecular weight excluding hydrogens is 188 g/mol. The standard InChI is InChI=1S/C12H22N2O/c1-5-14(8-9(2)3)10(4)12(15)13-11-6-7-11/h10-11H,2,5-8H2,1,3-4H3,(H,13,15). The van der Waals surface area contributed by atoms with Crippen LogP contribution in [0.2, 0.25) is 0 Å². The van der Waals surface area contributed by atoms with Gasteiger partial charge in [0.05, 0.1) is 6.04 Å². The molecule has 0 bridgehead atoms. The quantitative estimate of drug-likeness (QED) is 0.675. The van der Waals surface area contributed by atoms with Gasteiger partial charge in [0.2, 0.25) is 5.91 Å². The number of hydrogen-bond acceptors (Lipinski definition) is 2. The van der Waals surface area contributed by atoms with Crippen molar-refractivity contribution in [3.05, 3.63) is 12.2 Å². The molecule has 1 N–H and O–H groups in total. The average Bonchev–Trinajstić information content (AvgIpc) is 2.96. The second-order valence-electron chi connectivity index (χ2n) is 4.48. The van der Waals surface area contributed by atoms with Gasteiger partial charge in [-0.3, -0.25) is 9.69 Å². The summed E-state index contributed by atoms with van der Waals surface area (Å²) in [5.74, 6) is 0.153. The Balaban J connectivity index is 2.42. The van der Waals surface area contributed by atoms with E-state index in [0.29, 0.717) is 6.04 Å². The van der Waals surface area contributed by atoms with Crippen molar-refractivity contribution in [1.82, 2.24) is 10.2 Å². The van der Waals surface area contributed by atoms with Crippen LogP contribution in [0.5, 0.6) is 0 Å². The summed E-state index contributed by atoms with van der Waals surface area (Å²) in [5.41, 5.74) is 1.10. The van der Waals surface area contributed by atoms with Crippen molar-refractivity contribution in [2.45, 2.75) is 45.7 Å². The fourth-order valence-corrected chi connectivity index (χ4v) is 1.58. The highest BCUT2D eigenvalue weighted by molar-refractivity contribution is 5.81. The molecule has 1 rings (SSSR count). The topological polar surface area (TPSA) is 32.3 Å². The minimum atomic E-state index is -0.0488. The molecule has 3 heteroatoms. The maximum Gasteiger partial charge on any atom is 0.237 e. The summed E-state index contributed by atoms with van der Waals surface area (Å²) in [7, 11) is 0. The van der Waals surface area contributed by atoms with Crippen LogP contribution in [0.15, 0.2) is 12.2 Å². The van der Waals surface area contributed by atoms with Gasteiger partial charge in [-0.1, -0.05) is 19.1 Å². The van der Waals surface area contributed by atoms with Crippen LogP contribution in [-0.4, -0.2) is 36.0 Å². The molecule has 1 atom stereocenters. The van der Waals surface area contributed by atoms with E-state index >= 15 is 0 Å². The summed E-state index contributed by atoms with van der Waals surface area (Å²) in [6.45, 7) is 11.6. The smallest absolute Gasteiger partial charge is 0.237 e. The lowest BCUT2D eigenvalue weighted by atomic mass is 10.2. The lowest BCUT2D eigenvalue weighted by molar-refractivity contribution is -0.125. The lowest BCUT2D eigenvalue weighted by Gasteiger charge is -2.26. The largest absolute Gasteiger partial charge is 0.352 e. The predicted octanol–water partition coefficient (Wildman–Crippen LogP) is 1.55. The summed E-state index contributed by atoms with van der Waals surface area (Å²) < 4.78 is 0. The van der Waals surface area contributed by atoms with E-state index in [1.54, 1.807) is 0 Å². The van der Waals surface area contributed by atoms with Gasteiger partial charge in [0.15, 0.2) is 0 Å². The van der Waals surface area contributed by atoms with Crippen LogP contribution in [0.3, 0.4) is 0 Å². The summed E-state index contributed by atoms with van der Waals surface area (Å²) in [6.07, 6.45) is 2.29. The molecule has 1 aliphatic rings. The molecule has 1 saturated carbocycles. The van der Waals surface area contributed by atoms with Crippen molar-refractivity contribution in [1.29, 1.82) is 0 Å². The minimum Gasteiger partial charge on any atom is -0.352 e. The Bertz CT molecular complexity index is 246. The first-order valence-corrected chi connectivity index (χ1v) is 5.73. The zero-order valence-corrected chi connectivity index (χ0v) is 10.0. The molecule has 1 unspecified atom stereocenters. The molecule has 1 aliphatic carbocycles. The maximum atomic E-state index is 11.8. The van der Waals surface area contributed by atoms with Crippen LogP contribution < -0.4 is 5.32 Å². The molecule has 0 spiro atoms. The Morgan fingerprint density at radius 1 is 1.60 bits per heavy atom. The van der Waals surface area contributed by atoms with Crippen LogP contribution in [0.25, 0.3) is 0 Å². The molecule has 15 heavy (non-hydrogen) atoms. The second kappa shape index (κ2) is 5.31. The van der Waals surface area contributed by atoms with E-state index < -0.39 is 0 Å². The third kappa shape index (κ3) is 4.04. The normalized spacial score (nSPS) is 17.6. The van der Waals surface area contributed by atoms with E-state index in [9.17, 15) is 4.79 Å². The summed E-state index contributed by atoms with van der Waals surface area (Å²) in [4.78, 5) is 13.9. The molecule has 0 aromatic carbocycles. The predicted molar refractivity (Wildman–Crippen MR) is 62.7 cm³/mol. The van der Waals surface area contributed by atoms with E-state index in [2.05, 4.69) is 23.7 Å². The summed E-state index contributed by atoms with van der Waals surface area (Å²) >= 11 is 0. The fourth-order valence-electron chi connectivity index (χ4n) is 1.58. The van der Waals surface area contributed by atoms with Gasteiger partial charge in [0.25, 0.3) is 0 Å². The van der Waals surface area contributed by atoms with Gasteiger partial charge in [-0.25, -0.2) is 0 Å². The molecular formula is C12H22N2O. The van der Waals surface area contributed by atoms with Crippen molar-refractivity contribution in [2.75, 3.05) is 13.1 Å². The van der Waals surface area contributed by atoms with Crippen LogP contribution in [0, 0.1) is 0 Å². The number of hydrogen-bond donors (Lipinski definition) is 1. The third-order valence-corrected chi connectivity index (χ3v) is 2.73. The van der Waals surface area contributed by atoms with Crippen molar-refractivity contribution >= 4 is 5.91 Å². The zero-order chi connectivity index (χ0) is 11.4. The highest BCUT2D eigenvalue weighted by atomic mass is 16.2. The van der Waals surface area contributed by atoms with Crippen LogP contribution in [0.1, 0.15) is 33.6 Å². The number of amides is 1. The van der Waals surface area contributed by atoms with Gasteiger partial charge in [0, 0.05) is 12.6 Å². The molecule has 3 nitrogen and oxygen atoms in total. The molecule has 86 valence electrons. The Labute approximate surface area is 92.5 Å². The second-order valence-corrected chi connectivity index (χ2v) is 4.48. The average molecular weight is 210 g/mol. The summed E-state index contributed by atoms with van der Waals surface area (Å²) in [5, 5.41) is 3.03. The first kappa shape index (κ1) is 12.2. The first-order valence-electron chi connectivity index (χ1n) is 5.73. The highest BCUT2D eigenvalue weighted by Crippen LogP contribution is 2.19. The van der Waals surface area contributed by atoms with Gasteiger partial charge in [-0.2, -0.15) is 0 Å². The zero-order valence-electron chi connectivity index (χ0n) is 10.0. The van der Waals surface area contributed by atoms with E-state index in [4.69, 9.17) is 0 Å². The third-order valence-electron chi connectivity index (χ3n) is 2.73. The van der Waals surface area contributed by atoms with E-state index in [-0.39, 0.29) is 11.9 Å². The molecule has 0 radical (unpaired) electrons. The van der Waals surface area contributed by atoms with Crippen LogP contribution >= 0.6 is 0 Å². The Hall–Kier alpha value is -0.830. The Morgan fingerprint density at radius 2 is 2.20 bits per heavy atom. The van der Waals surface area contributed by atoms with Crippen molar-refractivity contribution in [3.8, 4) is 0 Å². The van der Waals surface area contributed by atoms with Gasteiger partial charge >= 0.3 is 0 Å². The SMILES string of the molecule is C=C(C)CN(CC)C(C)C(=O)NC1CC1. The molecule has 0 saturated heterocycles. The number of likely N-dealkylation sites (N-methyl/N-ethyl adjacent to an activating group) is 1. The van der Waals surface area contributed by atoms with Gasteiger partial charge < -0.3 is 5.32 Å². The number of carbonyl (C=O) groups excluding carboxylic acids is 1. The number of nitrogens with one attached hydrogen (secondary N) is 1. The van der Waals surface area contributed by atoms with E-state index in [1.807, 2.05) is 13.8 Å². The van der Waals surface area contributed by atoms with E-state index in [0.717, 1.165) is 31.5 Å². The van der Waals surface area contributed by atoms with Crippen molar-refractivity contribution in [2.24, 2.45) is 0 Å². The van der Waals surface area contributed by atoms with Gasteiger partial charge in [0.1, 0.15) is 0 Å². The molecule has 0 aromatic rings. The molecule has 1 amide bonds. The molecule has 0 aliphatic heterocycles. The van der Waals surface area contributed by atoms with Crippen molar-refractivity contribution in [3.63, 3.8) is 0 Å².